The van der Waals surface area contributed by atoms with Crippen molar-refractivity contribution in [3.8, 4) is 0 Å². The van der Waals surface area contributed by atoms with Crippen LogP contribution in [0.3, 0.4) is 0 Å². The minimum atomic E-state index is -0.251. The molecule has 1 N–H and O–H groups in total. The summed E-state index contributed by atoms with van der Waals surface area (Å²) < 4.78 is 4.99. The Morgan fingerprint density at radius 3 is 2.88 bits per heavy atom. The number of nitrogens with one attached hydrogen (secondary N) is 1. The van der Waals surface area contributed by atoms with Crippen molar-refractivity contribution in [1.82, 2.24) is 10.3 Å². The zero-order valence-electron chi connectivity index (χ0n) is 9.90. The Hall–Kier alpha value is -0.940. The fraction of sp³-hybridized carbons (Fsp3) is 0.636. The fourth-order valence-corrected chi connectivity index (χ4v) is 2.07. The maximum Gasteiger partial charge on any atom is 0.323 e. The number of nitrogens with zero attached hydrogens (tertiary/aromatic N) is 1. The zero-order chi connectivity index (χ0) is 12.0. The molecule has 90 valence electrons. The minimum Gasteiger partial charge on any atom is -0.465 e. The number of aromatic nitrogens is 1. The molecule has 1 aromatic heterocycles. The van der Waals surface area contributed by atoms with Gasteiger partial charge in [-0.25, -0.2) is 4.98 Å². The summed E-state index contributed by atoms with van der Waals surface area (Å²) >= 11 is 1.58. The van der Waals surface area contributed by atoms with E-state index in [4.69, 9.17) is 4.74 Å². The lowest BCUT2D eigenvalue weighted by atomic mass is 10.2. The molecule has 5 heteroatoms. The van der Waals surface area contributed by atoms with Crippen LogP contribution in [0.15, 0.2) is 11.6 Å². The van der Waals surface area contributed by atoms with Crippen molar-refractivity contribution in [3.63, 3.8) is 0 Å². The number of hydrogen-bond acceptors (Lipinski definition) is 5. The molecule has 0 saturated heterocycles. The monoisotopic (exact) mass is 242 g/mol. The van der Waals surface area contributed by atoms with Crippen LogP contribution in [-0.2, 0) is 9.53 Å². The molecule has 0 amide bonds. The van der Waals surface area contributed by atoms with Crippen molar-refractivity contribution >= 4 is 17.3 Å². The van der Waals surface area contributed by atoms with E-state index < -0.39 is 0 Å². The van der Waals surface area contributed by atoms with Crippen LogP contribution in [0.25, 0.3) is 0 Å². The predicted molar refractivity (Wildman–Crippen MR) is 64.4 cm³/mol. The maximum atomic E-state index is 11.6. The van der Waals surface area contributed by atoms with Gasteiger partial charge in [-0.05, 0) is 20.3 Å². The summed E-state index contributed by atoms with van der Waals surface area (Å²) in [5, 5.41) is 6.15. The van der Waals surface area contributed by atoms with Crippen LogP contribution in [0, 0.1) is 0 Å². The number of hydrogen-bond donors (Lipinski definition) is 1. The van der Waals surface area contributed by atoms with Crippen molar-refractivity contribution in [2.75, 3.05) is 6.61 Å². The summed E-state index contributed by atoms with van der Waals surface area (Å²) in [4.78, 5) is 15.8. The van der Waals surface area contributed by atoms with Crippen molar-refractivity contribution in [2.45, 2.75) is 39.3 Å². The third kappa shape index (κ3) is 3.57. The standard InChI is InChI=1S/C11H18N2O2S/c1-4-9(11(14)15-5-2)13-8(3)10-12-6-7-16-10/h6-9,13H,4-5H2,1-3H3. The predicted octanol–water partition coefficient (Wildman–Crippen LogP) is 2.14. The van der Waals surface area contributed by atoms with Crippen LogP contribution in [0.2, 0.25) is 0 Å². The molecule has 2 unspecified atom stereocenters. The lowest BCUT2D eigenvalue weighted by Gasteiger charge is -2.19. The van der Waals surface area contributed by atoms with E-state index in [2.05, 4.69) is 10.3 Å². The molecule has 0 bridgehead atoms. The molecule has 0 radical (unpaired) electrons. The Kier molecular flexibility index (Phi) is 5.42. The van der Waals surface area contributed by atoms with Crippen LogP contribution >= 0.6 is 11.3 Å². The van der Waals surface area contributed by atoms with Gasteiger partial charge in [0.15, 0.2) is 0 Å². The number of rotatable bonds is 6. The number of esters is 1. The minimum absolute atomic E-state index is 0.0781. The molecule has 4 nitrogen and oxygen atoms in total. The van der Waals surface area contributed by atoms with E-state index in [0.717, 1.165) is 5.01 Å². The van der Waals surface area contributed by atoms with Gasteiger partial charge in [0.05, 0.1) is 12.6 Å². The second-order valence-electron chi connectivity index (χ2n) is 3.47. The first-order valence-corrected chi connectivity index (χ1v) is 6.39. The highest BCUT2D eigenvalue weighted by Crippen LogP contribution is 2.16. The summed E-state index contributed by atoms with van der Waals surface area (Å²) in [6, 6.07) is -0.173. The van der Waals surface area contributed by atoms with Gasteiger partial charge in [0.2, 0.25) is 0 Å². The molecule has 0 saturated carbocycles. The van der Waals surface area contributed by atoms with E-state index in [1.54, 1.807) is 17.5 Å². The molecule has 0 aliphatic rings. The van der Waals surface area contributed by atoms with Gasteiger partial charge in [-0.15, -0.1) is 11.3 Å². The maximum absolute atomic E-state index is 11.6. The molecule has 0 aromatic carbocycles. The summed E-state index contributed by atoms with van der Waals surface area (Å²) in [6.45, 7) is 6.20. The van der Waals surface area contributed by atoms with Crippen LogP contribution in [0.1, 0.15) is 38.2 Å². The molecule has 1 heterocycles. The molecule has 16 heavy (non-hydrogen) atoms. The summed E-state index contributed by atoms with van der Waals surface area (Å²) in [5.74, 6) is -0.187. The van der Waals surface area contributed by atoms with E-state index in [1.807, 2.05) is 26.2 Å². The quantitative estimate of drug-likeness (QED) is 0.776. The SMILES string of the molecule is CCOC(=O)C(CC)NC(C)c1nccs1. The Bertz CT molecular complexity index is 314. The number of ether oxygens (including phenoxy) is 1. The Labute approximate surface area is 100 Å². The van der Waals surface area contributed by atoms with E-state index in [9.17, 15) is 4.79 Å². The van der Waals surface area contributed by atoms with E-state index in [-0.39, 0.29) is 18.1 Å². The fourth-order valence-electron chi connectivity index (χ4n) is 1.42. The summed E-state index contributed by atoms with van der Waals surface area (Å²) in [6.07, 6.45) is 2.48. The van der Waals surface area contributed by atoms with Gasteiger partial charge in [-0.2, -0.15) is 0 Å². The molecular formula is C11H18N2O2S. The second-order valence-corrected chi connectivity index (χ2v) is 4.40. The lowest BCUT2D eigenvalue weighted by molar-refractivity contribution is -0.145. The topological polar surface area (TPSA) is 51.2 Å². The molecule has 2 atom stereocenters. The molecular weight excluding hydrogens is 224 g/mol. The summed E-state index contributed by atoms with van der Waals surface area (Å²) in [5.41, 5.74) is 0. The zero-order valence-corrected chi connectivity index (χ0v) is 10.7. The highest BCUT2D eigenvalue weighted by molar-refractivity contribution is 7.09. The third-order valence-corrected chi connectivity index (χ3v) is 3.21. The van der Waals surface area contributed by atoms with E-state index in [1.165, 1.54) is 0 Å². The number of carbonyl (C=O) groups excluding carboxylic acids is 1. The lowest BCUT2D eigenvalue weighted by Crippen LogP contribution is -2.39. The van der Waals surface area contributed by atoms with Crippen LogP contribution in [0.5, 0.6) is 0 Å². The molecule has 0 spiro atoms. The Morgan fingerprint density at radius 1 is 1.62 bits per heavy atom. The van der Waals surface area contributed by atoms with Gasteiger partial charge in [0.1, 0.15) is 11.0 Å². The Balaban J connectivity index is 2.53. The largest absolute Gasteiger partial charge is 0.465 e. The highest BCUT2D eigenvalue weighted by Gasteiger charge is 2.20. The van der Waals surface area contributed by atoms with Crippen molar-refractivity contribution in [1.29, 1.82) is 0 Å². The van der Waals surface area contributed by atoms with Crippen LogP contribution < -0.4 is 5.32 Å². The van der Waals surface area contributed by atoms with Gasteiger partial charge >= 0.3 is 5.97 Å². The smallest absolute Gasteiger partial charge is 0.323 e. The first-order chi connectivity index (χ1) is 7.69. The average molecular weight is 242 g/mol. The van der Waals surface area contributed by atoms with E-state index in [0.29, 0.717) is 13.0 Å². The number of thiazole rings is 1. The molecule has 1 rings (SSSR count). The second kappa shape index (κ2) is 6.60. The van der Waals surface area contributed by atoms with Crippen molar-refractivity contribution in [3.05, 3.63) is 16.6 Å². The number of carbonyl (C=O) groups is 1. The Morgan fingerprint density at radius 2 is 2.38 bits per heavy atom. The molecule has 1 aromatic rings. The first kappa shape index (κ1) is 13.1. The highest BCUT2D eigenvalue weighted by atomic mass is 32.1. The van der Waals surface area contributed by atoms with Gasteiger partial charge in [-0.1, -0.05) is 6.92 Å². The normalized spacial score (nSPS) is 14.4. The molecule has 0 fully saturated rings. The van der Waals surface area contributed by atoms with E-state index >= 15 is 0 Å². The van der Waals surface area contributed by atoms with Gasteiger partial charge in [0.25, 0.3) is 0 Å². The van der Waals surface area contributed by atoms with Gasteiger partial charge in [-0.3, -0.25) is 10.1 Å². The van der Waals surface area contributed by atoms with Crippen LogP contribution in [0.4, 0.5) is 0 Å². The van der Waals surface area contributed by atoms with Gasteiger partial charge in [0, 0.05) is 11.6 Å². The third-order valence-electron chi connectivity index (χ3n) is 2.25. The van der Waals surface area contributed by atoms with Crippen LogP contribution in [-0.4, -0.2) is 23.6 Å². The average Bonchev–Trinajstić information content (AvgIpc) is 2.79. The van der Waals surface area contributed by atoms with Crippen molar-refractivity contribution < 1.29 is 9.53 Å². The molecule has 0 aliphatic heterocycles. The van der Waals surface area contributed by atoms with Gasteiger partial charge < -0.3 is 4.74 Å². The summed E-state index contributed by atoms with van der Waals surface area (Å²) in [7, 11) is 0. The molecule has 0 aliphatic carbocycles. The first-order valence-electron chi connectivity index (χ1n) is 5.51. The van der Waals surface area contributed by atoms with Crippen molar-refractivity contribution in [2.24, 2.45) is 0 Å².